The van der Waals surface area contributed by atoms with Crippen molar-refractivity contribution in [2.24, 2.45) is 0 Å². The third-order valence-electron chi connectivity index (χ3n) is 6.05. The first-order chi connectivity index (χ1) is 18.0. The molecule has 3 aromatic heterocycles. The molecule has 9 nitrogen and oxygen atoms in total. The second-order valence-electron chi connectivity index (χ2n) is 8.56. The maximum Gasteiger partial charge on any atom is 0.417 e. The molecule has 38 heavy (non-hydrogen) atoms. The first kappa shape index (κ1) is 25.7. The summed E-state index contributed by atoms with van der Waals surface area (Å²) in [7, 11) is -4.18. The molecular formula is C24H19F4N5O4S. The minimum atomic E-state index is -4.52. The summed E-state index contributed by atoms with van der Waals surface area (Å²) in [6.07, 6.45) is -1.90. The Bertz CT molecular complexity index is 1610. The van der Waals surface area contributed by atoms with E-state index in [0.29, 0.717) is 18.3 Å². The van der Waals surface area contributed by atoms with Crippen LogP contribution in [0.4, 0.5) is 17.6 Å². The number of fused-ring (bicyclic) bond motifs is 1. The number of hydrogen-bond acceptors (Lipinski definition) is 7. The number of halogens is 4. The van der Waals surface area contributed by atoms with Crippen molar-refractivity contribution in [3.05, 3.63) is 72.1 Å². The van der Waals surface area contributed by atoms with Crippen LogP contribution in [0, 0.1) is 5.82 Å². The molecule has 1 aliphatic rings. The number of hydrogen-bond donors (Lipinski definition) is 1. The lowest BCUT2D eigenvalue weighted by Gasteiger charge is -2.22. The molecule has 0 aliphatic carbocycles. The van der Waals surface area contributed by atoms with Gasteiger partial charge in [-0.3, -0.25) is 9.78 Å². The summed E-state index contributed by atoms with van der Waals surface area (Å²) in [4.78, 5) is 24.8. The molecule has 4 heterocycles. The molecular weight excluding hydrogens is 530 g/mol. The molecule has 0 radical (unpaired) electrons. The summed E-state index contributed by atoms with van der Waals surface area (Å²) < 4.78 is 84.8. The molecule has 1 N–H and O–H groups in total. The van der Waals surface area contributed by atoms with Gasteiger partial charge in [0.15, 0.2) is 0 Å². The zero-order chi connectivity index (χ0) is 27.1. The van der Waals surface area contributed by atoms with E-state index in [0.717, 1.165) is 22.5 Å². The second kappa shape index (κ2) is 9.76. The van der Waals surface area contributed by atoms with E-state index in [1.165, 1.54) is 30.6 Å². The second-order valence-corrected chi connectivity index (χ2v) is 10.4. The normalized spacial score (nSPS) is 16.7. The van der Waals surface area contributed by atoms with Gasteiger partial charge in [0.2, 0.25) is 11.0 Å². The molecule has 1 aromatic carbocycles. The van der Waals surface area contributed by atoms with Crippen LogP contribution in [0.15, 0.2) is 64.5 Å². The van der Waals surface area contributed by atoms with Crippen LogP contribution in [0.1, 0.15) is 24.1 Å². The fourth-order valence-corrected chi connectivity index (χ4v) is 5.77. The van der Waals surface area contributed by atoms with Gasteiger partial charge in [-0.05, 0) is 49.2 Å². The number of carbonyl (C=O) groups excluding carboxylic acids is 1. The van der Waals surface area contributed by atoms with Gasteiger partial charge in [-0.1, -0.05) is 0 Å². The number of furan rings is 1. The Morgan fingerprint density at radius 2 is 1.89 bits per heavy atom. The lowest BCUT2D eigenvalue weighted by molar-refractivity contribution is -0.137. The van der Waals surface area contributed by atoms with E-state index >= 15 is 0 Å². The standard InChI is InChI=1S/C24H19F4N5O4S/c25-16-4-6-21-14(8-16)9-22(37-21)38(35,36)33-7-1-2-20(33)23(34)30-12-17-10-19(32-13-31-17)18-5-3-15(11-29-18)24(26,27)28/h3-6,8-11,13,20H,1-2,7,12H2,(H,30,34)/t20-/m0/s1. The Morgan fingerprint density at radius 3 is 2.63 bits per heavy atom. The number of carbonyl (C=O) groups is 1. The molecule has 1 fully saturated rings. The molecule has 0 bridgehead atoms. The number of nitrogens with zero attached hydrogens (tertiary/aromatic N) is 4. The van der Waals surface area contributed by atoms with Crippen LogP contribution >= 0.6 is 0 Å². The average molecular weight is 550 g/mol. The Morgan fingerprint density at radius 1 is 1.08 bits per heavy atom. The van der Waals surface area contributed by atoms with Crippen molar-refractivity contribution in [2.45, 2.75) is 36.7 Å². The van der Waals surface area contributed by atoms with Crippen LogP contribution < -0.4 is 5.32 Å². The molecule has 5 rings (SSSR count). The van der Waals surface area contributed by atoms with Crippen molar-refractivity contribution in [3.63, 3.8) is 0 Å². The van der Waals surface area contributed by atoms with E-state index in [-0.39, 0.29) is 47.0 Å². The van der Waals surface area contributed by atoms with Gasteiger partial charge in [0.25, 0.3) is 10.0 Å². The van der Waals surface area contributed by atoms with Gasteiger partial charge in [0.1, 0.15) is 23.8 Å². The number of amides is 1. The van der Waals surface area contributed by atoms with E-state index in [1.807, 2.05) is 0 Å². The summed E-state index contributed by atoms with van der Waals surface area (Å²) in [5.74, 6) is -1.09. The van der Waals surface area contributed by atoms with Crippen LogP contribution in [0.25, 0.3) is 22.4 Å². The smallest absolute Gasteiger partial charge is 0.417 e. The topological polar surface area (TPSA) is 118 Å². The van der Waals surface area contributed by atoms with Gasteiger partial charge in [0.05, 0.1) is 29.2 Å². The van der Waals surface area contributed by atoms with Crippen molar-refractivity contribution in [1.82, 2.24) is 24.6 Å². The van der Waals surface area contributed by atoms with Crippen molar-refractivity contribution in [1.29, 1.82) is 0 Å². The van der Waals surface area contributed by atoms with Gasteiger partial charge in [0, 0.05) is 24.2 Å². The summed E-state index contributed by atoms with van der Waals surface area (Å²) in [6.45, 7) is 0.0202. The van der Waals surface area contributed by atoms with E-state index < -0.39 is 39.5 Å². The Kier molecular flexibility index (Phi) is 6.61. The monoisotopic (exact) mass is 549 g/mol. The molecule has 1 saturated heterocycles. The van der Waals surface area contributed by atoms with Crippen LogP contribution in [-0.4, -0.2) is 46.2 Å². The highest BCUT2D eigenvalue weighted by molar-refractivity contribution is 7.89. The Labute approximate surface area is 213 Å². The molecule has 1 atom stereocenters. The molecule has 1 aliphatic heterocycles. The fraction of sp³-hybridized carbons (Fsp3) is 0.250. The number of benzene rings is 1. The predicted molar refractivity (Wildman–Crippen MR) is 125 cm³/mol. The van der Waals surface area contributed by atoms with Gasteiger partial charge < -0.3 is 9.73 Å². The van der Waals surface area contributed by atoms with Crippen LogP contribution in [0.2, 0.25) is 0 Å². The van der Waals surface area contributed by atoms with E-state index in [4.69, 9.17) is 4.42 Å². The van der Waals surface area contributed by atoms with Crippen LogP contribution in [-0.2, 0) is 27.5 Å². The van der Waals surface area contributed by atoms with Crippen molar-refractivity contribution >= 4 is 26.9 Å². The molecule has 4 aromatic rings. The van der Waals surface area contributed by atoms with E-state index in [1.54, 1.807) is 0 Å². The summed E-state index contributed by atoms with van der Waals surface area (Å²) in [6, 6.07) is 7.39. The predicted octanol–water partition coefficient (Wildman–Crippen LogP) is 3.91. The van der Waals surface area contributed by atoms with Crippen molar-refractivity contribution in [3.8, 4) is 11.4 Å². The SMILES string of the molecule is O=C(NCc1cc(-c2ccc(C(F)(F)F)cn2)ncn1)[C@@H]1CCCN1S(=O)(=O)c1cc2cc(F)ccc2o1. The largest absolute Gasteiger partial charge is 0.443 e. The van der Waals surface area contributed by atoms with E-state index in [2.05, 4.69) is 20.3 Å². The zero-order valence-electron chi connectivity index (χ0n) is 19.4. The lowest BCUT2D eigenvalue weighted by atomic mass is 10.2. The quantitative estimate of drug-likeness (QED) is 0.362. The number of pyridine rings is 1. The number of sulfonamides is 1. The van der Waals surface area contributed by atoms with Crippen LogP contribution in [0.5, 0.6) is 0 Å². The number of aromatic nitrogens is 3. The van der Waals surface area contributed by atoms with Crippen molar-refractivity contribution in [2.75, 3.05) is 6.54 Å². The Balaban J connectivity index is 1.28. The molecule has 14 heteroatoms. The fourth-order valence-electron chi connectivity index (χ4n) is 4.17. The minimum Gasteiger partial charge on any atom is -0.443 e. The third-order valence-corrected chi connectivity index (χ3v) is 7.81. The highest BCUT2D eigenvalue weighted by Crippen LogP contribution is 2.31. The Hall–Kier alpha value is -3.91. The first-order valence-electron chi connectivity index (χ1n) is 11.4. The molecule has 1 amide bonds. The maximum atomic E-state index is 13.5. The highest BCUT2D eigenvalue weighted by Gasteiger charge is 2.41. The summed E-state index contributed by atoms with van der Waals surface area (Å²) in [5.41, 5.74) is 0.0915. The molecule has 198 valence electrons. The van der Waals surface area contributed by atoms with Gasteiger partial charge in [-0.2, -0.15) is 17.5 Å². The van der Waals surface area contributed by atoms with E-state index in [9.17, 15) is 30.8 Å². The molecule has 0 spiro atoms. The number of rotatable bonds is 6. The van der Waals surface area contributed by atoms with Crippen LogP contribution in [0.3, 0.4) is 0 Å². The van der Waals surface area contributed by atoms with Gasteiger partial charge >= 0.3 is 6.18 Å². The maximum absolute atomic E-state index is 13.5. The van der Waals surface area contributed by atoms with Crippen molar-refractivity contribution < 1.29 is 35.2 Å². The molecule has 0 saturated carbocycles. The average Bonchev–Trinajstić information content (AvgIpc) is 3.55. The first-order valence-corrected chi connectivity index (χ1v) is 12.8. The highest BCUT2D eigenvalue weighted by atomic mass is 32.2. The third kappa shape index (κ3) is 5.09. The number of alkyl halides is 3. The van der Waals surface area contributed by atoms with Gasteiger partial charge in [-0.25, -0.2) is 22.8 Å². The van der Waals surface area contributed by atoms with Gasteiger partial charge in [-0.15, -0.1) is 0 Å². The zero-order valence-corrected chi connectivity index (χ0v) is 20.3. The lowest BCUT2D eigenvalue weighted by Crippen LogP contribution is -2.45. The summed E-state index contributed by atoms with van der Waals surface area (Å²) >= 11 is 0. The minimum absolute atomic E-state index is 0.0801. The number of nitrogens with one attached hydrogen (secondary N) is 1. The summed E-state index contributed by atoms with van der Waals surface area (Å²) in [5, 5.41) is 2.55. The molecule has 0 unspecified atom stereocenters.